The third-order valence-corrected chi connectivity index (χ3v) is 6.38. The van der Waals surface area contributed by atoms with Crippen LogP contribution in [0.2, 0.25) is 0 Å². The molecular formula is C23H24N2O10S2. The number of carbonyl (C=O) groups is 5. The van der Waals surface area contributed by atoms with Crippen molar-refractivity contribution in [1.29, 1.82) is 0 Å². The van der Waals surface area contributed by atoms with Crippen molar-refractivity contribution in [1.82, 2.24) is 9.88 Å². The second-order valence-electron chi connectivity index (χ2n) is 7.92. The minimum Gasteiger partial charge on any atom is -0.463 e. The number of thiocarbonyl (C=S) groups is 1. The molecule has 198 valence electrons. The van der Waals surface area contributed by atoms with Gasteiger partial charge in [-0.3, -0.25) is 33.9 Å². The lowest BCUT2D eigenvalue weighted by Crippen LogP contribution is -2.66. The lowest BCUT2D eigenvalue weighted by atomic mass is 9.96. The van der Waals surface area contributed by atoms with Crippen LogP contribution in [0, 0.1) is 0 Å². The average molecular weight is 553 g/mol. The van der Waals surface area contributed by atoms with E-state index in [1.54, 1.807) is 30.6 Å². The van der Waals surface area contributed by atoms with E-state index >= 15 is 0 Å². The van der Waals surface area contributed by atoms with E-state index in [1.807, 2.05) is 0 Å². The Balaban J connectivity index is 2.05. The fourth-order valence-electron chi connectivity index (χ4n) is 3.72. The van der Waals surface area contributed by atoms with Gasteiger partial charge in [-0.15, -0.1) is 0 Å². The van der Waals surface area contributed by atoms with Gasteiger partial charge in [-0.1, -0.05) is 24.0 Å². The van der Waals surface area contributed by atoms with Crippen molar-refractivity contribution >= 4 is 64.2 Å². The zero-order valence-corrected chi connectivity index (χ0v) is 21.9. The van der Waals surface area contributed by atoms with Crippen LogP contribution in [0.4, 0.5) is 0 Å². The number of aromatic nitrogens is 1. The maximum absolute atomic E-state index is 13.4. The van der Waals surface area contributed by atoms with Crippen molar-refractivity contribution in [3.63, 3.8) is 0 Å². The average Bonchev–Trinajstić information content (AvgIpc) is 3.07. The molecule has 12 nitrogen and oxygen atoms in total. The highest BCUT2D eigenvalue weighted by molar-refractivity contribution is 8.26. The Morgan fingerprint density at radius 3 is 2.11 bits per heavy atom. The van der Waals surface area contributed by atoms with E-state index in [-0.39, 0.29) is 9.23 Å². The van der Waals surface area contributed by atoms with Crippen molar-refractivity contribution in [2.45, 2.75) is 58.3 Å². The molecule has 5 atom stereocenters. The van der Waals surface area contributed by atoms with Crippen molar-refractivity contribution in [2.24, 2.45) is 0 Å². The zero-order valence-electron chi connectivity index (χ0n) is 20.3. The summed E-state index contributed by atoms with van der Waals surface area (Å²) in [7, 11) is 0. The van der Waals surface area contributed by atoms with Crippen molar-refractivity contribution < 1.29 is 47.7 Å². The highest BCUT2D eigenvalue weighted by atomic mass is 32.2. The van der Waals surface area contributed by atoms with Crippen LogP contribution < -0.4 is 0 Å². The summed E-state index contributed by atoms with van der Waals surface area (Å²) in [5.41, 5.74) is 0.692. The van der Waals surface area contributed by atoms with Gasteiger partial charge >= 0.3 is 23.9 Å². The molecule has 1 amide bonds. The number of thioether (sulfide) groups is 1. The van der Waals surface area contributed by atoms with Gasteiger partial charge in [0.15, 0.2) is 28.9 Å². The summed E-state index contributed by atoms with van der Waals surface area (Å²) in [5, 5.41) is 0. The van der Waals surface area contributed by atoms with Gasteiger partial charge in [-0.25, -0.2) is 0 Å². The fraction of sp³-hybridized carbons (Fsp3) is 0.435. The molecule has 0 aliphatic carbocycles. The fourth-order valence-corrected chi connectivity index (χ4v) is 5.03. The largest absolute Gasteiger partial charge is 0.463 e. The quantitative estimate of drug-likeness (QED) is 0.208. The molecule has 3 rings (SSSR count). The van der Waals surface area contributed by atoms with Crippen molar-refractivity contribution in [2.75, 3.05) is 6.61 Å². The first kappa shape index (κ1) is 28.2. The third kappa shape index (κ3) is 7.11. The molecule has 0 N–H and O–H groups in total. The van der Waals surface area contributed by atoms with Gasteiger partial charge in [0.25, 0.3) is 5.91 Å². The normalized spacial score (nSPS) is 26.5. The lowest BCUT2D eigenvalue weighted by molar-refractivity contribution is -0.268. The number of esters is 4. The van der Waals surface area contributed by atoms with Gasteiger partial charge in [0.2, 0.25) is 0 Å². The first-order valence-electron chi connectivity index (χ1n) is 11.0. The number of carbonyl (C=O) groups excluding carboxylic acids is 5. The maximum atomic E-state index is 13.4. The minimum absolute atomic E-state index is 0.0752. The maximum Gasteiger partial charge on any atom is 0.303 e. The van der Waals surface area contributed by atoms with Gasteiger partial charge in [-0.05, 0) is 23.8 Å². The van der Waals surface area contributed by atoms with Crippen molar-refractivity contribution in [3.8, 4) is 0 Å². The minimum atomic E-state index is -1.44. The molecule has 0 unspecified atom stereocenters. The number of amides is 1. The first-order valence-corrected chi connectivity index (χ1v) is 12.2. The second-order valence-corrected chi connectivity index (χ2v) is 9.60. The second kappa shape index (κ2) is 12.3. The molecule has 1 aromatic rings. The molecule has 2 aliphatic heterocycles. The molecule has 0 saturated carbocycles. The molecule has 37 heavy (non-hydrogen) atoms. The topological polar surface area (TPSA) is 148 Å². The van der Waals surface area contributed by atoms with E-state index in [0.29, 0.717) is 5.56 Å². The van der Waals surface area contributed by atoms with Crippen LogP contribution in [0.1, 0.15) is 33.3 Å². The predicted molar refractivity (Wildman–Crippen MR) is 131 cm³/mol. The van der Waals surface area contributed by atoms with Crippen LogP contribution in [0.3, 0.4) is 0 Å². The standard InChI is InChI=1S/C23H24N2O10S2/c1-11(26)31-10-16-18(32-12(2)27)19(33-13(3)28)20(34-14(4)29)22(35-16)25-21(30)17(37-23(25)36)9-15-5-7-24-8-6-15/h5-9,16,18-20,22H,10H2,1-4H3/b17-9-/t16-,18+,19+,20+,22-/m1/s1. The molecule has 3 heterocycles. The molecule has 2 fully saturated rings. The smallest absolute Gasteiger partial charge is 0.303 e. The van der Waals surface area contributed by atoms with E-state index in [1.165, 1.54) is 0 Å². The molecule has 0 radical (unpaired) electrons. The molecular weight excluding hydrogens is 528 g/mol. The van der Waals surface area contributed by atoms with E-state index in [0.717, 1.165) is 44.4 Å². The Morgan fingerprint density at radius 1 is 0.973 bits per heavy atom. The number of nitrogens with zero attached hydrogens (tertiary/aromatic N) is 2. The summed E-state index contributed by atoms with van der Waals surface area (Å²) in [6, 6.07) is 3.39. The number of rotatable bonds is 7. The Labute approximate surface area is 221 Å². The Kier molecular flexibility index (Phi) is 9.34. The van der Waals surface area contributed by atoms with Crippen LogP contribution in [-0.2, 0) is 47.7 Å². The Hall–Kier alpha value is -3.36. The number of hydrogen-bond acceptors (Lipinski definition) is 13. The molecule has 2 aliphatic rings. The van der Waals surface area contributed by atoms with Gasteiger partial charge in [0, 0.05) is 40.1 Å². The van der Waals surface area contributed by atoms with Gasteiger partial charge in [0.1, 0.15) is 12.7 Å². The summed E-state index contributed by atoms with van der Waals surface area (Å²) in [6.07, 6.45) is -2.09. The Morgan fingerprint density at radius 2 is 1.54 bits per heavy atom. The van der Waals surface area contributed by atoms with E-state index in [4.69, 9.17) is 35.9 Å². The SMILES string of the molecule is CC(=O)OC[C@H]1O[C@@H](N2C(=O)/C(=C/c3ccncc3)SC2=S)[C@@H](OC(C)=O)[C@@H](OC(C)=O)[C@H]1OC(C)=O. The summed E-state index contributed by atoms with van der Waals surface area (Å²) >= 11 is 6.43. The lowest BCUT2D eigenvalue weighted by Gasteiger charge is -2.46. The van der Waals surface area contributed by atoms with Gasteiger partial charge < -0.3 is 23.7 Å². The van der Waals surface area contributed by atoms with E-state index in [9.17, 15) is 24.0 Å². The number of pyridine rings is 1. The van der Waals surface area contributed by atoms with Crippen LogP contribution in [-0.4, -0.2) is 81.2 Å². The molecule has 1 aromatic heterocycles. The van der Waals surface area contributed by atoms with Crippen LogP contribution in [0.25, 0.3) is 6.08 Å². The summed E-state index contributed by atoms with van der Waals surface area (Å²) in [4.78, 5) is 66.2. The Bertz CT molecular complexity index is 1130. The van der Waals surface area contributed by atoms with Gasteiger partial charge in [-0.2, -0.15) is 0 Å². The highest BCUT2D eigenvalue weighted by Gasteiger charge is 2.56. The molecule has 2 saturated heterocycles. The molecule has 0 spiro atoms. The van der Waals surface area contributed by atoms with E-state index < -0.39 is 67.0 Å². The third-order valence-electron chi connectivity index (χ3n) is 5.05. The van der Waals surface area contributed by atoms with Crippen LogP contribution in [0.5, 0.6) is 0 Å². The molecule has 0 bridgehead atoms. The number of ether oxygens (including phenoxy) is 5. The zero-order chi connectivity index (χ0) is 27.3. The van der Waals surface area contributed by atoms with Gasteiger partial charge in [0.05, 0.1) is 4.91 Å². The highest BCUT2D eigenvalue weighted by Crippen LogP contribution is 2.39. The first-order chi connectivity index (χ1) is 17.5. The van der Waals surface area contributed by atoms with Crippen LogP contribution >= 0.6 is 24.0 Å². The predicted octanol–water partition coefficient (Wildman–Crippen LogP) is 1.37. The van der Waals surface area contributed by atoms with Crippen LogP contribution in [0.15, 0.2) is 29.4 Å². The summed E-state index contributed by atoms with van der Waals surface area (Å²) in [5.74, 6) is -3.54. The molecule has 0 aromatic carbocycles. The van der Waals surface area contributed by atoms with E-state index in [2.05, 4.69) is 4.98 Å². The summed E-state index contributed by atoms with van der Waals surface area (Å²) in [6.45, 7) is 4.08. The summed E-state index contributed by atoms with van der Waals surface area (Å²) < 4.78 is 27.4. The monoisotopic (exact) mass is 552 g/mol. The van der Waals surface area contributed by atoms with Crippen molar-refractivity contribution in [3.05, 3.63) is 35.0 Å². The number of hydrogen-bond donors (Lipinski definition) is 0. The molecule has 14 heteroatoms.